The number of carbonyl (C=O) groups excluding carboxylic acids is 1. The van der Waals surface area contributed by atoms with Crippen molar-refractivity contribution in [2.24, 2.45) is 5.92 Å². The molecule has 1 aliphatic rings. The van der Waals surface area contributed by atoms with Crippen LogP contribution in [0.1, 0.15) is 35.2 Å². The fourth-order valence-electron chi connectivity index (χ4n) is 1.60. The van der Waals surface area contributed by atoms with E-state index in [1.165, 1.54) is 18.4 Å². The van der Waals surface area contributed by atoms with Gasteiger partial charge in [0.05, 0.1) is 0 Å². The molecule has 0 heterocycles. The lowest BCUT2D eigenvalue weighted by atomic mass is 10.1. The minimum absolute atomic E-state index is 0.0515. The first-order valence-corrected chi connectivity index (χ1v) is 5.60. The van der Waals surface area contributed by atoms with Crippen molar-refractivity contribution in [3.05, 3.63) is 35.4 Å². The highest BCUT2D eigenvalue weighted by atomic mass is 16.1. The first-order valence-electron chi connectivity index (χ1n) is 5.60. The third kappa shape index (κ3) is 3.08. The number of hydrogen-bond donors (Lipinski definition) is 1. The van der Waals surface area contributed by atoms with Gasteiger partial charge in [-0.2, -0.15) is 0 Å². The van der Waals surface area contributed by atoms with Crippen LogP contribution in [0.5, 0.6) is 0 Å². The topological polar surface area (TPSA) is 29.1 Å². The lowest BCUT2D eigenvalue weighted by Gasteiger charge is -2.04. The fraction of sp³-hybridized carbons (Fsp3) is 0.462. The summed E-state index contributed by atoms with van der Waals surface area (Å²) in [6.45, 7) is 2.84. The van der Waals surface area contributed by atoms with Crippen molar-refractivity contribution in [3.63, 3.8) is 0 Å². The molecule has 2 rings (SSSR count). The molecule has 0 spiro atoms. The van der Waals surface area contributed by atoms with Crippen LogP contribution in [0.2, 0.25) is 0 Å². The number of aryl methyl sites for hydroxylation is 1. The Balaban J connectivity index is 1.81. The summed E-state index contributed by atoms with van der Waals surface area (Å²) in [5.74, 6) is 0.930. The maximum atomic E-state index is 11.6. The summed E-state index contributed by atoms with van der Waals surface area (Å²) >= 11 is 0. The molecule has 1 saturated carbocycles. The number of rotatable bonds is 4. The van der Waals surface area contributed by atoms with E-state index < -0.39 is 0 Å². The van der Waals surface area contributed by atoms with E-state index in [-0.39, 0.29) is 5.91 Å². The number of carbonyl (C=O) groups is 1. The second-order valence-electron chi connectivity index (χ2n) is 4.35. The summed E-state index contributed by atoms with van der Waals surface area (Å²) in [5.41, 5.74) is 1.95. The van der Waals surface area contributed by atoms with Gasteiger partial charge in [0.25, 0.3) is 5.91 Å². The van der Waals surface area contributed by atoms with Gasteiger partial charge in [0.1, 0.15) is 0 Å². The van der Waals surface area contributed by atoms with Crippen molar-refractivity contribution >= 4 is 5.91 Å². The molecule has 2 nitrogen and oxygen atoms in total. The molecule has 0 saturated heterocycles. The number of nitrogens with one attached hydrogen (secondary N) is 1. The Morgan fingerprint density at radius 3 is 2.60 bits per heavy atom. The molecule has 0 aliphatic heterocycles. The van der Waals surface area contributed by atoms with Crippen molar-refractivity contribution in [3.8, 4) is 0 Å². The van der Waals surface area contributed by atoms with Crippen molar-refractivity contribution < 1.29 is 4.79 Å². The smallest absolute Gasteiger partial charge is 0.251 e. The molecule has 1 fully saturated rings. The fourth-order valence-corrected chi connectivity index (χ4v) is 1.60. The molecular formula is C13H17NO. The summed E-state index contributed by atoms with van der Waals surface area (Å²) in [6.07, 6.45) is 3.83. The summed E-state index contributed by atoms with van der Waals surface area (Å²) < 4.78 is 0. The molecule has 1 aliphatic carbocycles. The standard InChI is InChI=1S/C13H17NO/c1-10-2-6-12(7-3-10)13(15)14-9-8-11-4-5-11/h2-3,6-7,11H,4-5,8-9H2,1H3,(H,14,15). The zero-order chi connectivity index (χ0) is 10.7. The van der Waals surface area contributed by atoms with Crippen LogP contribution in [0.4, 0.5) is 0 Å². The van der Waals surface area contributed by atoms with Crippen LogP contribution in [0.25, 0.3) is 0 Å². The highest BCUT2D eigenvalue weighted by molar-refractivity contribution is 5.94. The van der Waals surface area contributed by atoms with Gasteiger partial charge >= 0.3 is 0 Å². The minimum atomic E-state index is 0.0515. The first kappa shape index (κ1) is 10.2. The van der Waals surface area contributed by atoms with E-state index in [1.54, 1.807) is 0 Å². The van der Waals surface area contributed by atoms with Crippen LogP contribution in [-0.4, -0.2) is 12.5 Å². The molecule has 0 bridgehead atoms. The third-order valence-corrected chi connectivity index (χ3v) is 2.85. The molecular weight excluding hydrogens is 186 g/mol. The van der Waals surface area contributed by atoms with Crippen LogP contribution in [0.3, 0.4) is 0 Å². The molecule has 0 radical (unpaired) electrons. The Bertz CT molecular complexity index is 338. The van der Waals surface area contributed by atoms with E-state index in [4.69, 9.17) is 0 Å². The van der Waals surface area contributed by atoms with Gasteiger partial charge in [-0.1, -0.05) is 30.5 Å². The summed E-state index contributed by atoms with van der Waals surface area (Å²) in [6, 6.07) is 7.69. The Hall–Kier alpha value is -1.31. The largest absolute Gasteiger partial charge is 0.352 e. The monoisotopic (exact) mass is 203 g/mol. The SMILES string of the molecule is Cc1ccc(C(=O)NCCC2CC2)cc1. The predicted molar refractivity (Wildman–Crippen MR) is 60.9 cm³/mol. The molecule has 1 N–H and O–H groups in total. The van der Waals surface area contributed by atoms with E-state index in [1.807, 2.05) is 31.2 Å². The number of amides is 1. The van der Waals surface area contributed by atoms with E-state index in [2.05, 4.69) is 5.32 Å². The molecule has 1 amide bonds. The van der Waals surface area contributed by atoms with E-state index in [0.717, 1.165) is 24.4 Å². The molecule has 15 heavy (non-hydrogen) atoms. The second-order valence-corrected chi connectivity index (χ2v) is 4.35. The molecule has 0 atom stereocenters. The average Bonchev–Trinajstić information content (AvgIpc) is 3.02. The van der Waals surface area contributed by atoms with Gasteiger partial charge in [0.15, 0.2) is 0 Å². The Kier molecular flexibility index (Phi) is 3.05. The van der Waals surface area contributed by atoms with Gasteiger partial charge in [0.2, 0.25) is 0 Å². The third-order valence-electron chi connectivity index (χ3n) is 2.85. The lowest BCUT2D eigenvalue weighted by Crippen LogP contribution is -2.24. The van der Waals surface area contributed by atoms with Crippen LogP contribution in [0, 0.1) is 12.8 Å². The van der Waals surface area contributed by atoms with Gasteiger partial charge in [-0.05, 0) is 31.4 Å². The van der Waals surface area contributed by atoms with Gasteiger partial charge in [-0.25, -0.2) is 0 Å². The van der Waals surface area contributed by atoms with Gasteiger partial charge in [-0.15, -0.1) is 0 Å². The summed E-state index contributed by atoms with van der Waals surface area (Å²) in [5, 5.41) is 2.95. The maximum Gasteiger partial charge on any atom is 0.251 e. The molecule has 80 valence electrons. The first-order chi connectivity index (χ1) is 7.25. The Morgan fingerprint density at radius 1 is 1.33 bits per heavy atom. The highest BCUT2D eigenvalue weighted by Crippen LogP contribution is 2.31. The minimum Gasteiger partial charge on any atom is -0.352 e. The van der Waals surface area contributed by atoms with Crippen LogP contribution < -0.4 is 5.32 Å². The van der Waals surface area contributed by atoms with Crippen LogP contribution in [0.15, 0.2) is 24.3 Å². The highest BCUT2D eigenvalue weighted by Gasteiger charge is 2.20. The van der Waals surface area contributed by atoms with Crippen molar-refractivity contribution in [1.29, 1.82) is 0 Å². The molecule has 1 aromatic carbocycles. The molecule has 2 heteroatoms. The zero-order valence-corrected chi connectivity index (χ0v) is 9.12. The average molecular weight is 203 g/mol. The van der Waals surface area contributed by atoms with Gasteiger partial charge in [0, 0.05) is 12.1 Å². The molecule has 1 aromatic rings. The molecule has 0 unspecified atom stereocenters. The molecule has 0 aromatic heterocycles. The maximum absolute atomic E-state index is 11.6. The number of benzene rings is 1. The number of hydrogen-bond acceptors (Lipinski definition) is 1. The Morgan fingerprint density at radius 2 is 2.00 bits per heavy atom. The summed E-state index contributed by atoms with van der Waals surface area (Å²) in [4.78, 5) is 11.6. The summed E-state index contributed by atoms with van der Waals surface area (Å²) in [7, 11) is 0. The van der Waals surface area contributed by atoms with E-state index in [9.17, 15) is 4.79 Å². The van der Waals surface area contributed by atoms with Crippen molar-refractivity contribution in [2.45, 2.75) is 26.2 Å². The second kappa shape index (κ2) is 4.47. The van der Waals surface area contributed by atoms with E-state index >= 15 is 0 Å². The van der Waals surface area contributed by atoms with Crippen LogP contribution in [-0.2, 0) is 0 Å². The normalized spacial score (nSPS) is 15.0. The Labute approximate surface area is 90.7 Å². The zero-order valence-electron chi connectivity index (χ0n) is 9.12. The van der Waals surface area contributed by atoms with Crippen molar-refractivity contribution in [2.75, 3.05) is 6.54 Å². The van der Waals surface area contributed by atoms with Crippen LogP contribution >= 0.6 is 0 Å². The van der Waals surface area contributed by atoms with Gasteiger partial charge < -0.3 is 5.32 Å². The predicted octanol–water partition coefficient (Wildman–Crippen LogP) is 2.52. The lowest BCUT2D eigenvalue weighted by molar-refractivity contribution is 0.0952. The quantitative estimate of drug-likeness (QED) is 0.800. The van der Waals surface area contributed by atoms with Gasteiger partial charge in [-0.3, -0.25) is 4.79 Å². The van der Waals surface area contributed by atoms with Crippen molar-refractivity contribution in [1.82, 2.24) is 5.32 Å². The van der Waals surface area contributed by atoms with E-state index in [0.29, 0.717) is 0 Å².